The summed E-state index contributed by atoms with van der Waals surface area (Å²) in [5.41, 5.74) is 5.76. The summed E-state index contributed by atoms with van der Waals surface area (Å²) in [6.07, 6.45) is 5.46. The molecule has 1 aliphatic rings. The van der Waals surface area contributed by atoms with E-state index in [0.29, 0.717) is 0 Å². The average Bonchev–Trinajstić information content (AvgIpc) is 2.48. The molecule has 1 rings (SSSR count). The van der Waals surface area contributed by atoms with Gasteiger partial charge in [-0.3, -0.25) is 0 Å². The lowest BCUT2D eigenvalue weighted by molar-refractivity contribution is 0.304. The summed E-state index contributed by atoms with van der Waals surface area (Å²) >= 11 is 0. The fraction of sp³-hybridized carbons (Fsp3) is 1.00. The van der Waals surface area contributed by atoms with Gasteiger partial charge in [-0.15, -0.1) is 0 Å². The van der Waals surface area contributed by atoms with Crippen LogP contribution in [-0.2, 0) is 0 Å². The number of hydrogen-bond donors (Lipinski definition) is 1. The third-order valence-electron chi connectivity index (χ3n) is 5.00. The van der Waals surface area contributed by atoms with Gasteiger partial charge in [-0.05, 0) is 55.4 Å². The van der Waals surface area contributed by atoms with E-state index in [2.05, 4.69) is 27.7 Å². The second kappa shape index (κ2) is 5.89. The van der Waals surface area contributed by atoms with Crippen LogP contribution in [0.5, 0.6) is 0 Å². The zero-order chi connectivity index (χ0) is 11.4. The van der Waals surface area contributed by atoms with E-state index in [1.54, 1.807) is 0 Å². The predicted molar refractivity (Wildman–Crippen MR) is 67.7 cm³/mol. The third kappa shape index (κ3) is 3.21. The number of nitrogens with two attached hydrogens (primary N) is 1. The van der Waals surface area contributed by atoms with E-state index >= 15 is 0 Å². The molecule has 0 aromatic rings. The molecule has 0 heterocycles. The molecule has 1 nitrogen and oxygen atoms in total. The highest BCUT2D eigenvalue weighted by Gasteiger charge is 2.34. The van der Waals surface area contributed by atoms with Crippen LogP contribution in [0.3, 0.4) is 0 Å². The van der Waals surface area contributed by atoms with E-state index in [-0.39, 0.29) is 0 Å². The Morgan fingerprint density at radius 3 is 2.27 bits per heavy atom. The molecule has 0 aromatic carbocycles. The monoisotopic (exact) mass is 211 g/mol. The van der Waals surface area contributed by atoms with Crippen LogP contribution in [-0.4, -0.2) is 6.54 Å². The van der Waals surface area contributed by atoms with Gasteiger partial charge in [-0.1, -0.05) is 34.1 Å². The first-order chi connectivity index (χ1) is 7.10. The molecule has 1 saturated carbocycles. The second-order valence-electron chi connectivity index (χ2n) is 5.78. The highest BCUT2D eigenvalue weighted by atomic mass is 14.5. The molecule has 90 valence electrons. The van der Waals surface area contributed by atoms with E-state index in [9.17, 15) is 0 Å². The van der Waals surface area contributed by atoms with Crippen molar-refractivity contribution in [3.8, 4) is 0 Å². The van der Waals surface area contributed by atoms with Gasteiger partial charge in [0.05, 0.1) is 0 Å². The van der Waals surface area contributed by atoms with Crippen molar-refractivity contribution >= 4 is 0 Å². The molecule has 1 fully saturated rings. The molecule has 0 aliphatic heterocycles. The highest BCUT2D eigenvalue weighted by molar-refractivity contribution is 4.84. The van der Waals surface area contributed by atoms with Crippen LogP contribution in [0.2, 0.25) is 0 Å². The summed E-state index contributed by atoms with van der Waals surface area (Å²) in [5.74, 6) is 4.52. The summed E-state index contributed by atoms with van der Waals surface area (Å²) in [6.45, 7) is 10.4. The fourth-order valence-electron chi connectivity index (χ4n) is 3.17. The SMILES string of the molecule is CCC(CN)CCC1CC(C)C(C)C1C. The maximum absolute atomic E-state index is 5.76. The molecule has 5 unspecified atom stereocenters. The Kier molecular flexibility index (Phi) is 5.11. The minimum Gasteiger partial charge on any atom is -0.330 e. The van der Waals surface area contributed by atoms with Crippen molar-refractivity contribution in [2.45, 2.75) is 53.4 Å². The maximum atomic E-state index is 5.76. The number of rotatable bonds is 5. The topological polar surface area (TPSA) is 26.0 Å². The Morgan fingerprint density at radius 1 is 1.20 bits per heavy atom. The Bertz CT molecular complexity index is 174. The number of hydrogen-bond acceptors (Lipinski definition) is 1. The Hall–Kier alpha value is -0.0400. The van der Waals surface area contributed by atoms with E-state index in [1.165, 1.54) is 25.7 Å². The van der Waals surface area contributed by atoms with Crippen LogP contribution in [0.25, 0.3) is 0 Å². The first-order valence-corrected chi connectivity index (χ1v) is 6.80. The third-order valence-corrected chi connectivity index (χ3v) is 5.00. The van der Waals surface area contributed by atoms with E-state index in [0.717, 1.165) is 36.1 Å². The largest absolute Gasteiger partial charge is 0.330 e. The van der Waals surface area contributed by atoms with Gasteiger partial charge in [0.25, 0.3) is 0 Å². The van der Waals surface area contributed by atoms with E-state index < -0.39 is 0 Å². The Morgan fingerprint density at radius 2 is 1.87 bits per heavy atom. The van der Waals surface area contributed by atoms with Crippen LogP contribution in [0.15, 0.2) is 0 Å². The summed E-state index contributed by atoms with van der Waals surface area (Å²) < 4.78 is 0. The molecule has 0 aromatic heterocycles. The van der Waals surface area contributed by atoms with Crippen molar-refractivity contribution in [2.24, 2.45) is 35.3 Å². The maximum Gasteiger partial charge on any atom is -0.00490 e. The van der Waals surface area contributed by atoms with Crippen molar-refractivity contribution < 1.29 is 0 Å². The molecule has 0 radical (unpaired) electrons. The van der Waals surface area contributed by atoms with Gasteiger partial charge in [0, 0.05) is 0 Å². The molecule has 1 heteroatoms. The zero-order valence-corrected chi connectivity index (χ0v) is 11.0. The van der Waals surface area contributed by atoms with Crippen LogP contribution in [0.1, 0.15) is 53.4 Å². The average molecular weight is 211 g/mol. The van der Waals surface area contributed by atoms with Gasteiger partial charge >= 0.3 is 0 Å². The first kappa shape index (κ1) is 13.0. The molecule has 0 bridgehead atoms. The molecular weight excluding hydrogens is 182 g/mol. The van der Waals surface area contributed by atoms with Gasteiger partial charge in [-0.25, -0.2) is 0 Å². The van der Waals surface area contributed by atoms with Crippen LogP contribution in [0, 0.1) is 29.6 Å². The van der Waals surface area contributed by atoms with Crippen molar-refractivity contribution in [2.75, 3.05) is 6.54 Å². The van der Waals surface area contributed by atoms with E-state index in [1.807, 2.05) is 0 Å². The molecular formula is C14H29N. The van der Waals surface area contributed by atoms with E-state index in [4.69, 9.17) is 5.73 Å². The van der Waals surface area contributed by atoms with Gasteiger partial charge < -0.3 is 5.73 Å². The first-order valence-electron chi connectivity index (χ1n) is 6.80. The molecule has 2 N–H and O–H groups in total. The molecule has 15 heavy (non-hydrogen) atoms. The lowest BCUT2D eigenvalue weighted by atomic mass is 9.86. The second-order valence-corrected chi connectivity index (χ2v) is 5.78. The van der Waals surface area contributed by atoms with Crippen molar-refractivity contribution in [1.82, 2.24) is 0 Å². The normalized spacial score (nSPS) is 38.2. The van der Waals surface area contributed by atoms with Crippen LogP contribution < -0.4 is 5.73 Å². The summed E-state index contributed by atoms with van der Waals surface area (Å²) in [6, 6.07) is 0. The van der Waals surface area contributed by atoms with Gasteiger partial charge in [0.2, 0.25) is 0 Å². The zero-order valence-electron chi connectivity index (χ0n) is 11.0. The fourth-order valence-corrected chi connectivity index (χ4v) is 3.17. The molecule has 5 atom stereocenters. The van der Waals surface area contributed by atoms with Gasteiger partial charge in [-0.2, -0.15) is 0 Å². The quantitative estimate of drug-likeness (QED) is 0.737. The lowest BCUT2D eigenvalue weighted by Crippen LogP contribution is -2.16. The summed E-state index contributed by atoms with van der Waals surface area (Å²) in [4.78, 5) is 0. The molecule has 0 amide bonds. The lowest BCUT2D eigenvalue weighted by Gasteiger charge is -2.20. The van der Waals surface area contributed by atoms with Crippen molar-refractivity contribution in [3.05, 3.63) is 0 Å². The summed E-state index contributed by atoms with van der Waals surface area (Å²) in [7, 11) is 0. The standard InChI is InChI=1S/C14H29N/c1-5-13(9-15)6-7-14-8-10(2)11(3)12(14)4/h10-14H,5-9,15H2,1-4H3. The van der Waals surface area contributed by atoms with Gasteiger partial charge in [0.1, 0.15) is 0 Å². The smallest absolute Gasteiger partial charge is 0.00490 e. The van der Waals surface area contributed by atoms with Gasteiger partial charge in [0.15, 0.2) is 0 Å². The highest BCUT2D eigenvalue weighted by Crippen LogP contribution is 2.43. The van der Waals surface area contributed by atoms with Crippen LogP contribution in [0.4, 0.5) is 0 Å². The Balaban J connectivity index is 2.33. The molecule has 1 aliphatic carbocycles. The van der Waals surface area contributed by atoms with Crippen molar-refractivity contribution in [1.29, 1.82) is 0 Å². The minimum atomic E-state index is 0.767. The Labute approximate surface area is 95.8 Å². The van der Waals surface area contributed by atoms with Crippen molar-refractivity contribution in [3.63, 3.8) is 0 Å². The summed E-state index contributed by atoms with van der Waals surface area (Å²) in [5, 5.41) is 0. The van der Waals surface area contributed by atoms with Crippen LogP contribution >= 0.6 is 0 Å². The molecule has 0 spiro atoms. The minimum absolute atomic E-state index is 0.767. The predicted octanol–water partition coefficient (Wildman–Crippen LogP) is 3.68. The molecule has 0 saturated heterocycles.